The van der Waals surface area contributed by atoms with Crippen molar-refractivity contribution >= 4 is 17.4 Å². The zero-order valence-corrected chi connectivity index (χ0v) is 12.3. The molecule has 2 saturated heterocycles. The molecule has 0 amide bonds. The Kier molecular flexibility index (Phi) is 4.19. The molecule has 5 heteroatoms. The van der Waals surface area contributed by atoms with E-state index < -0.39 is 0 Å². The summed E-state index contributed by atoms with van der Waals surface area (Å²) in [6.07, 6.45) is 3.98. The summed E-state index contributed by atoms with van der Waals surface area (Å²) in [4.78, 5) is 0.950. The number of ether oxygens (including phenoxy) is 2. The molecule has 0 aromatic heterocycles. The molecule has 2 fully saturated rings. The van der Waals surface area contributed by atoms with Crippen molar-refractivity contribution < 1.29 is 13.9 Å². The summed E-state index contributed by atoms with van der Waals surface area (Å²) in [6, 6.07) is 5.07. The summed E-state index contributed by atoms with van der Waals surface area (Å²) in [5.41, 5.74) is 5.71. The SMILES string of the molecule is Nc1ccc(SC2CCOC3(CCOCC3)C2)cc1F. The van der Waals surface area contributed by atoms with Gasteiger partial charge in [-0.2, -0.15) is 0 Å². The van der Waals surface area contributed by atoms with Gasteiger partial charge in [-0.25, -0.2) is 4.39 Å². The summed E-state index contributed by atoms with van der Waals surface area (Å²) < 4.78 is 25.0. The Hall–Kier alpha value is -0.780. The molecule has 2 aliphatic rings. The molecule has 110 valence electrons. The molecule has 0 bridgehead atoms. The van der Waals surface area contributed by atoms with E-state index in [0.717, 1.165) is 50.4 Å². The average Bonchev–Trinajstić information content (AvgIpc) is 2.44. The Morgan fingerprint density at radius 3 is 2.80 bits per heavy atom. The molecule has 2 heterocycles. The lowest BCUT2D eigenvalue weighted by Crippen LogP contribution is -2.45. The monoisotopic (exact) mass is 297 g/mol. The highest BCUT2D eigenvalue weighted by Crippen LogP contribution is 2.41. The molecule has 0 saturated carbocycles. The third-order valence-corrected chi connectivity index (χ3v) is 5.39. The number of nitrogen functional groups attached to an aromatic ring is 1. The molecular formula is C15H20FNO2S. The lowest BCUT2D eigenvalue weighted by atomic mass is 9.86. The lowest BCUT2D eigenvalue weighted by Gasteiger charge is -2.43. The van der Waals surface area contributed by atoms with Gasteiger partial charge >= 0.3 is 0 Å². The lowest BCUT2D eigenvalue weighted by molar-refractivity contribution is -0.131. The van der Waals surface area contributed by atoms with Crippen LogP contribution in [0.3, 0.4) is 0 Å². The van der Waals surface area contributed by atoms with Crippen LogP contribution in [0.2, 0.25) is 0 Å². The second kappa shape index (κ2) is 5.92. The third-order valence-electron chi connectivity index (χ3n) is 4.13. The Morgan fingerprint density at radius 1 is 1.25 bits per heavy atom. The summed E-state index contributed by atoms with van der Waals surface area (Å²) in [7, 11) is 0. The van der Waals surface area contributed by atoms with Crippen LogP contribution in [-0.2, 0) is 9.47 Å². The standard InChI is InChI=1S/C15H20FNO2S/c16-13-9-11(1-2-14(13)17)20-12-3-6-19-15(10-12)4-7-18-8-5-15/h1-2,9,12H,3-8,10,17H2. The molecule has 0 aliphatic carbocycles. The number of benzene rings is 1. The van der Waals surface area contributed by atoms with Crippen LogP contribution in [-0.4, -0.2) is 30.7 Å². The fourth-order valence-corrected chi connectivity index (χ4v) is 4.25. The highest BCUT2D eigenvalue weighted by molar-refractivity contribution is 8.00. The molecule has 1 atom stereocenters. The van der Waals surface area contributed by atoms with Gasteiger partial charge in [0.05, 0.1) is 11.3 Å². The van der Waals surface area contributed by atoms with Crippen molar-refractivity contribution in [2.24, 2.45) is 0 Å². The fraction of sp³-hybridized carbons (Fsp3) is 0.600. The molecule has 20 heavy (non-hydrogen) atoms. The number of rotatable bonds is 2. The van der Waals surface area contributed by atoms with Crippen LogP contribution < -0.4 is 5.73 Å². The minimum absolute atomic E-state index is 0.0134. The third kappa shape index (κ3) is 3.10. The molecule has 1 aromatic rings. The molecule has 2 aliphatic heterocycles. The number of hydrogen-bond acceptors (Lipinski definition) is 4. The first-order valence-electron chi connectivity index (χ1n) is 7.10. The van der Waals surface area contributed by atoms with Gasteiger partial charge in [0.15, 0.2) is 0 Å². The van der Waals surface area contributed by atoms with E-state index in [-0.39, 0.29) is 17.1 Å². The Bertz CT molecular complexity index is 471. The highest BCUT2D eigenvalue weighted by atomic mass is 32.2. The molecule has 1 spiro atoms. The summed E-state index contributed by atoms with van der Waals surface area (Å²) >= 11 is 1.74. The number of halogens is 1. The maximum Gasteiger partial charge on any atom is 0.147 e. The van der Waals surface area contributed by atoms with Crippen molar-refractivity contribution in [2.75, 3.05) is 25.6 Å². The summed E-state index contributed by atoms with van der Waals surface area (Å²) in [5.74, 6) is -0.331. The zero-order chi connectivity index (χ0) is 14.0. The molecule has 3 nitrogen and oxygen atoms in total. The molecule has 3 rings (SSSR count). The minimum atomic E-state index is -0.331. The predicted octanol–water partition coefficient (Wildman–Crippen LogP) is 3.23. The molecule has 2 N–H and O–H groups in total. The van der Waals surface area contributed by atoms with E-state index in [1.54, 1.807) is 17.8 Å². The minimum Gasteiger partial charge on any atom is -0.396 e. The van der Waals surface area contributed by atoms with Crippen molar-refractivity contribution in [3.8, 4) is 0 Å². The van der Waals surface area contributed by atoms with Gasteiger partial charge in [0.1, 0.15) is 5.82 Å². The normalized spacial score (nSPS) is 25.8. The van der Waals surface area contributed by atoms with Gasteiger partial charge in [0, 0.05) is 30.0 Å². The van der Waals surface area contributed by atoms with Gasteiger partial charge in [-0.05, 0) is 43.9 Å². The first kappa shape index (κ1) is 14.2. The van der Waals surface area contributed by atoms with Crippen molar-refractivity contribution in [1.82, 2.24) is 0 Å². The van der Waals surface area contributed by atoms with Gasteiger partial charge in [0.25, 0.3) is 0 Å². The van der Waals surface area contributed by atoms with E-state index in [9.17, 15) is 4.39 Å². The van der Waals surface area contributed by atoms with Crippen LogP contribution in [0.15, 0.2) is 23.1 Å². The van der Waals surface area contributed by atoms with Gasteiger partial charge in [-0.15, -0.1) is 11.8 Å². The molecule has 0 radical (unpaired) electrons. The van der Waals surface area contributed by atoms with Crippen molar-refractivity contribution in [1.29, 1.82) is 0 Å². The topological polar surface area (TPSA) is 44.5 Å². The fourth-order valence-electron chi connectivity index (χ4n) is 2.95. The van der Waals surface area contributed by atoms with E-state index in [2.05, 4.69) is 0 Å². The van der Waals surface area contributed by atoms with E-state index in [1.807, 2.05) is 6.07 Å². The van der Waals surface area contributed by atoms with Crippen LogP contribution in [0.5, 0.6) is 0 Å². The maximum atomic E-state index is 13.5. The number of nitrogens with two attached hydrogens (primary N) is 1. The van der Waals surface area contributed by atoms with E-state index in [4.69, 9.17) is 15.2 Å². The van der Waals surface area contributed by atoms with Crippen LogP contribution >= 0.6 is 11.8 Å². The van der Waals surface area contributed by atoms with E-state index >= 15 is 0 Å². The largest absolute Gasteiger partial charge is 0.396 e. The number of thioether (sulfide) groups is 1. The second-order valence-electron chi connectivity index (χ2n) is 5.56. The highest BCUT2D eigenvalue weighted by Gasteiger charge is 2.39. The quantitative estimate of drug-likeness (QED) is 0.851. The van der Waals surface area contributed by atoms with Crippen LogP contribution in [0, 0.1) is 5.82 Å². The van der Waals surface area contributed by atoms with Crippen molar-refractivity contribution in [2.45, 2.75) is 41.4 Å². The van der Waals surface area contributed by atoms with Gasteiger partial charge in [-0.1, -0.05) is 0 Å². The van der Waals surface area contributed by atoms with Crippen molar-refractivity contribution in [3.63, 3.8) is 0 Å². The predicted molar refractivity (Wildman–Crippen MR) is 78.4 cm³/mol. The summed E-state index contributed by atoms with van der Waals surface area (Å²) in [6.45, 7) is 2.36. The number of hydrogen-bond donors (Lipinski definition) is 1. The van der Waals surface area contributed by atoms with Crippen LogP contribution in [0.25, 0.3) is 0 Å². The Balaban J connectivity index is 1.66. The maximum absolute atomic E-state index is 13.5. The molecule has 1 aromatic carbocycles. The van der Waals surface area contributed by atoms with Crippen LogP contribution in [0.4, 0.5) is 10.1 Å². The average molecular weight is 297 g/mol. The number of anilines is 1. The van der Waals surface area contributed by atoms with Gasteiger partial charge < -0.3 is 15.2 Å². The first-order valence-corrected chi connectivity index (χ1v) is 7.98. The molecule has 1 unspecified atom stereocenters. The van der Waals surface area contributed by atoms with E-state index in [0.29, 0.717) is 5.25 Å². The summed E-state index contributed by atoms with van der Waals surface area (Å²) in [5, 5.41) is 0.477. The second-order valence-corrected chi connectivity index (χ2v) is 6.93. The van der Waals surface area contributed by atoms with Gasteiger partial charge in [0.2, 0.25) is 0 Å². The van der Waals surface area contributed by atoms with Gasteiger partial charge in [-0.3, -0.25) is 0 Å². The van der Waals surface area contributed by atoms with Crippen molar-refractivity contribution in [3.05, 3.63) is 24.0 Å². The smallest absolute Gasteiger partial charge is 0.147 e. The Morgan fingerprint density at radius 2 is 2.05 bits per heavy atom. The zero-order valence-electron chi connectivity index (χ0n) is 11.4. The van der Waals surface area contributed by atoms with E-state index in [1.165, 1.54) is 6.07 Å². The Labute approximate surface area is 123 Å². The molecular weight excluding hydrogens is 277 g/mol. The van der Waals surface area contributed by atoms with Crippen LogP contribution in [0.1, 0.15) is 25.7 Å². The first-order chi connectivity index (χ1) is 9.67.